The molecule has 142 valence electrons. The molecular weight excluding hydrogens is 344 g/mol. The second-order valence-corrected chi connectivity index (χ2v) is 6.90. The number of aromatic nitrogens is 2. The van der Waals surface area contributed by atoms with E-state index in [9.17, 15) is 4.79 Å². The molecule has 2 aromatic rings. The number of benzene rings is 1. The third-order valence-corrected chi connectivity index (χ3v) is 5.01. The van der Waals surface area contributed by atoms with E-state index in [2.05, 4.69) is 26.3 Å². The van der Waals surface area contributed by atoms with Gasteiger partial charge in [-0.15, -0.1) is 0 Å². The monoisotopic (exact) mass is 368 g/mol. The van der Waals surface area contributed by atoms with Crippen LogP contribution in [0.3, 0.4) is 0 Å². The molecule has 0 bridgehead atoms. The number of fused-ring (bicyclic) bond motifs is 1. The Morgan fingerprint density at radius 1 is 1.15 bits per heavy atom. The van der Waals surface area contributed by atoms with Gasteiger partial charge in [-0.1, -0.05) is 18.2 Å². The minimum absolute atomic E-state index is 0.137. The fraction of sp³-hybridized carbons (Fsp3) is 0.450. The molecule has 7 heteroatoms. The lowest BCUT2D eigenvalue weighted by atomic mass is 9.97. The van der Waals surface area contributed by atoms with Gasteiger partial charge in [0.15, 0.2) is 0 Å². The molecule has 1 aromatic carbocycles. The lowest BCUT2D eigenvalue weighted by molar-refractivity contribution is 0.0944. The molecule has 0 spiro atoms. The molecule has 1 unspecified atom stereocenters. The number of para-hydroxylation sites is 1. The lowest BCUT2D eigenvalue weighted by Crippen LogP contribution is -2.37. The van der Waals surface area contributed by atoms with Crippen molar-refractivity contribution in [1.29, 1.82) is 0 Å². The molecule has 1 aromatic heterocycles. The van der Waals surface area contributed by atoms with Gasteiger partial charge in [-0.2, -0.15) is 0 Å². The van der Waals surface area contributed by atoms with Gasteiger partial charge in [0.1, 0.15) is 5.75 Å². The summed E-state index contributed by atoms with van der Waals surface area (Å²) in [4.78, 5) is 23.2. The van der Waals surface area contributed by atoms with Gasteiger partial charge < -0.3 is 19.7 Å². The molecular formula is C20H24N4O3. The number of anilines is 1. The SMILES string of the molecule is O=C(NCC1CCOc2ccccc2C1)c1cnc(N2CCOCC2)nc1. The number of hydrogen-bond donors (Lipinski definition) is 1. The van der Waals surface area contributed by atoms with E-state index >= 15 is 0 Å². The molecule has 1 N–H and O–H groups in total. The smallest absolute Gasteiger partial charge is 0.254 e. The molecule has 0 aliphatic carbocycles. The van der Waals surface area contributed by atoms with Gasteiger partial charge >= 0.3 is 0 Å². The van der Waals surface area contributed by atoms with Gasteiger partial charge in [0.05, 0.1) is 25.4 Å². The lowest BCUT2D eigenvalue weighted by Gasteiger charge is -2.26. The molecule has 0 saturated carbocycles. The molecule has 0 radical (unpaired) electrons. The molecule has 27 heavy (non-hydrogen) atoms. The second kappa shape index (κ2) is 8.35. The number of carbonyl (C=O) groups is 1. The van der Waals surface area contributed by atoms with Crippen LogP contribution in [0.1, 0.15) is 22.3 Å². The van der Waals surface area contributed by atoms with Crippen molar-refractivity contribution in [2.24, 2.45) is 5.92 Å². The van der Waals surface area contributed by atoms with Crippen LogP contribution in [0.15, 0.2) is 36.7 Å². The van der Waals surface area contributed by atoms with E-state index < -0.39 is 0 Å². The van der Waals surface area contributed by atoms with Crippen LogP contribution >= 0.6 is 0 Å². The van der Waals surface area contributed by atoms with Crippen molar-refractivity contribution in [3.63, 3.8) is 0 Å². The third-order valence-electron chi connectivity index (χ3n) is 5.01. The minimum atomic E-state index is -0.137. The van der Waals surface area contributed by atoms with Gasteiger partial charge in [0.25, 0.3) is 5.91 Å². The van der Waals surface area contributed by atoms with Crippen LogP contribution in [0.25, 0.3) is 0 Å². The van der Waals surface area contributed by atoms with E-state index in [0.29, 0.717) is 43.8 Å². The Bertz CT molecular complexity index is 775. The van der Waals surface area contributed by atoms with Crippen molar-refractivity contribution < 1.29 is 14.3 Å². The summed E-state index contributed by atoms with van der Waals surface area (Å²) < 4.78 is 11.1. The molecule has 2 aliphatic heterocycles. The quantitative estimate of drug-likeness (QED) is 0.885. The van der Waals surface area contributed by atoms with Crippen LogP contribution in [0.4, 0.5) is 5.95 Å². The molecule has 1 atom stereocenters. The Balaban J connectivity index is 1.32. The van der Waals surface area contributed by atoms with E-state index in [0.717, 1.165) is 31.7 Å². The van der Waals surface area contributed by atoms with Crippen molar-refractivity contribution in [2.75, 3.05) is 44.4 Å². The van der Waals surface area contributed by atoms with Gasteiger partial charge in [0.2, 0.25) is 5.95 Å². The van der Waals surface area contributed by atoms with Crippen LogP contribution in [0.2, 0.25) is 0 Å². The number of nitrogens with zero attached hydrogens (tertiary/aromatic N) is 3. The number of nitrogens with one attached hydrogen (secondary N) is 1. The Labute approximate surface area is 158 Å². The molecule has 1 fully saturated rings. The maximum atomic E-state index is 12.5. The Hall–Kier alpha value is -2.67. The summed E-state index contributed by atoms with van der Waals surface area (Å²) in [5.74, 6) is 1.82. The summed E-state index contributed by atoms with van der Waals surface area (Å²) in [6.45, 7) is 4.20. The van der Waals surface area contributed by atoms with Gasteiger partial charge in [-0.05, 0) is 30.4 Å². The predicted molar refractivity (Wildman–Crippen MR) is 101 cm³/mol. The summed E-state index contributed by atoms with van der Waals surface area (Å²) in [5.41, 5.74) is 1.68. The number of ether oxygens (including phenoxy) is 2. The van der Waals surface area contributed by atoms with Gasteiger partial charge in [-0.3, -0.25) is 4.79 Å². The van der Waals surface area contributed by atoms with E-state index in [1.54, 1.807) is 12.4 Å². The van der Waals surface area contributed by atoms with Crippen LogP contribution in [-0.4, -0.2) is 55.3 Å². The summed E-state index contributed by atoms with van der Waals surface area (Å²) in [5, 5.41) is 3.02. The fourth-order valence-corrected chi connectivity index (χ4v) is 3.44. The van der Waals surface area contributed by atoms with Crippen molar-refractivity contribution in [3.8, 4) is 5.75 Å². The molecule has 2 aliphatic rings. The van der Waals surface area contributed by atoms with Gasteiger partial charge in [0, 0.05) is 32.0 Å². The molecule has 3 heterocycles. The first kappa shape index (κ1) is 17.7. The molecule has 7 nitrogen and oxygen atoms in total. The van der Waals surface area contributed by atoms with Crippen LogP contribution < -0.4 is 15.0 Å². The fourth-order valence-electron chi connectivity index (χ4n) is 3.44. The highest BCUT2D eigenvalue weighted by atomic mass is 16.5. The standard InChI is InChI=1S/C20H24N4O3/c25-19(17-13-22-20(23-14-17)24-6-9-26-10-7-24)21-12-15-5-8-27-18-4-2-1-3-16(18)11-15/h1-4,13-15H,5-12H2,(H,21,25). The summed E-state index contributed by atoms with van der Waals surface area (Å²) in [7, 11) is 0. The second-order valence-electron chi connectivity index (χ2n) is 6.90. The predicted octanol–water partition coefficient (Wildman–Crippen LogP) is 1.68. The van der Waals surface area contributed by atoms with Crippen LogP contribution in [0, 0.1) is 5.92 Å². The van der Waals surface area contributed by atoms with E-state index in [-0.39, 0.29) is 5.91 Å². The number of amides is 1. The maximum absolute atomic E-state index is 12.5. The minimum Gasteiger partial charge on any atom is -0.493 e. The van der Waals surface area contributed by atoms with Crippen LogP contribution in [0.5, 0.6) is 5.75 Å². The number of carbonyl (C=O) groups excluding carboxylic acids is 1. The Morgan fingerprint density at radius 2 is 1.93 bits per heavy atom. The largest absolute Gasteiger partial charge is 0.493 e. The Kier molecular flexibility index (Phi) is 5.48. The zero-order chi connectivity index (χ0) is 18.5. The average molecular weight is 368 g/mol. The van der Waals surface area contributed by atoms with E-state index in [4.69, 9.17) is 9.47 Å². The van der Waals surface area contributed by atoms with Crippen molar-refractivity contribution in [3.05, 3.63) is 47.8 Å². The molecule has 4 rings (SSSR count). The van der Waals surface area contributed by atoms with Crippen LogP contribution in [-0.2, 0) is 11.2 Å². The van der Waals surface area contributed by atoms with E-state index in [1.807, 2.05) is 18.2 Å². The normalized spacial score (nSPS) is 19.6. The first-order chi connectivity index (χ1) is 13.3. The van der Waals surface area contributed by atoms with Crippen molar-refractivity contribution >= 4 is 11.9 Å². The maximum Gasteiger partial charge on any atom is 0.254 e. The van der Waals surface area contributed by atoms with E-state index in [1.165, 1.54) is 5.56 Å². The zero-order valence-corrected chi connectivity index (χ0v) is 15.3. The van der Waals surface area contributed by atoms with Gasteiger partial charge in [-0.25, -0.2) is 9.97 Å². The number of hydrogen-bond acceptors (Lipinski definition) is 6. The first-order valence-corrected chi connectivity index (χ1v) is 9.43. The highest BCUT2D eigenvalue weighted by Crippen LogP contribution is 2.26. The Morgan fingerprint density at radius 3 is 2.74 bits per heavy atom. The van der Waals surface area contributed by atoms with Crippen molar-refractivity contribution in [2.45, 2.75) is 12.8 Å². The number of morpholine rings is 1. The highest BCUT2D eigenvalue weighted by Gasteiger charge is 2.19. The first-order valence-electron chi connectivity index (χ1n) is 9.43. The van der Waals surface area contributed by atoms with Crippen molar-refractivity contribution in [1.82, 2.24) is 15.3 Å². The average Bonchev–Trinajstić information content (AvgIpc) is 2.95. The summed E-state index contributed by atoms with van der Waals surface area (Å²) >= 11 is 0. The topological polar surface area (TPSA) is 76.6 Å². The zero-order valence-electron chi connectivity index (χ0n) is 15.3. The summed E-state index contributed by atoms with van der Waals surface area (Å²) in [6.07, 6.45) is 5.02. The molecule has 1 amide bonds. The summed E-state index contributed by atoms with van der Waals surface area (Å²) in [6, 6.07) is 8.11. The molecule has 1 saturated heterocycles. The third kappa shape index (κ3) is 4.36. The highest BCUT2D eigenvalue weighted by molar-refractivity contribution is 5.93. The number of rotatable bonds is 4.